The van der Waals surface area contributed by atoms with Gasteiger partial charge in [-0.15, -0.1) is 0 Å². The molecule has 1 aliphatic rings. The first kappa shape index (κ1) is 14.7. The number of benzene rings is 2. The van der Waals surface area contributed by atoms with Crippen molar-refractivity contribution in [3.8, 4) is 0 Å². The Bertz CT molecular complexity index is 745. The van der Waals surface area contributed by atoms with Crippen molar-refractivity contribution in [2.75, 3.05) is 10.2 Å². The van der Waals surface area contributed by atoms with Crippen molar-refractivity contribution in [3.63, 3.8) is 0 Å². The van der Waals surface area contributed by atoms with E-state index >= 15 is 0 Å². The maximum absolute atomic E-state index is 12.5. The molecule has 1 atom stereocenters. The van der Waals surface area contributed by atoms with Gasteiger partial charge in [-0.05, 0) is 61.0 Å². The lowest BCUT2D eigenvalue weighted by atomic mass is 10.2. The van der Waals surface area contributed by atoms with Crippen molar-refractivity contribution in [2.45, 2.75) is 19.2 Å². The van der Waals surface area contributed by atoms with Gasteiger partial charge in [0.25, 0.3) is 11.1 Å². The molecule has 1 aliphatic heterocycles. The van der Waals surface area contributed by atoms with Crippen LogP contribution in [-0.4, -0.2) is 16.5 Å². The van der Waals surface area contributed by atoms with E-state index in [4.69, 9.17) is 0 Å². The van der Waals surface area contributed by atoms with Crippen molar-refractivity contribution in [3.05, 3.63) is 59.7 Å². The molecule has 4 nitrogen and oxygen atoms in total. The number of amides is 2. The van der Waals surface area contributed by atoms with E-state index in [9.17, 15) is 9.59 Å². The van der Waals surface area contributed by atoms with Gasteiger partial charge in [0.05, 0.1) is 5.69 Å². The van der Waals surface area contributed by atoms with Crippen LogP contribution in [0.3, 0.4) is 0 Å². The molecule has 0 bridgehead atoms. The fourth-order valence-corrected chi connectivity index (χ4v) is 3.29. The minimum Gasteiger partial charge on any atom is -0.365 e. The third kappa shape index (κ3) is 2.85. The molecule has 0 aromatic heterocycles. The molecule has 112 valence electrons. The van der Waals surface area contributed by atoms with Gasteiger partial charge in [-0.3, -0.25) is 9.59 Å². The molecule has 22 heavy (non-hydrogen) atoms. The largest absolute Gasteiger partial charge is 0.365 e. The van der Waals surface area contributed by atoms with Crippen LogP contribution in [0.4, 0.5) is 16.2 Å². The third-order valence-electron chi connectivity index (χ3n) is 3.42. The fourth-order valence-electron chi connectivity index (χ4n) is 2.39. The number of hydrogen-bond acceptors (Lipinski definition) is 4. The molecular formula is C17H16N2O2S. The van der Waals surface area contributed by atoms with Crippen LogP contribution >= 0.6 is 11.8 Å². The number of nitrogens with zero attached hydrogens (tertiary/aromatic N) is 1. The standard InChI is InChI=1S/C17H16N2O2S/c1-11-5-3-7-13(9-11)18-15-16(20)19(17(21)22-15)14-8-4-6-12(2)10-14/h3-10,15,18H,1-2H3. The zero-order valence-electron chi connectivity index (χ0n) is 12.4. The zero-order valence-corrected chi connectivity index (χ0v) is 13.2. The molecule has 3 rings (SSSR count). The van der Waals surface area contributed by atoms with E-state index < -0.39 is 5.37 Å². The van der Waals surface area contributed by atoms with E-state index in [0.717, 1.165) is 28.6 Å². The molecule has 1 N–H and O–H groups in total. The van der Waals surface area contributed by atoms with Gasteiger partial charge in [-0.1, -0.05) is 24.3 Å². The lowest BCUT2D eigenvalue weighted by Gasteiger charge is -2.15. The van der Waals surface area contributed by atoms with Crippen LogP contribution in [0.15, 0.2) is 48.5 Å². The first-order valence-corrected chi connectivity index (χ1v) is 7.87. The zero-order chi connectivity index (χ0) is 15.7. The summed E-state index contributed by atoms with van der Waals surface area (Å²) in [6, 6.07) is 15.1. The predicted molar refractivity (Wildman–Crippen MR) is 90.2 cm³/mol. The molecule has 2 aromatic carbocycles. The Morgan fingerprint density at radius 3 is 2.36 bits per heavy atom. The molecular weight excluding hydrogens is 296 g/mol. The molecule has 1 fully saturated rings. The minimum absolute atomic E-state index is 0.234. The van der Waals surface area contributed by atoms with Crippen LogP contribution in [0.1, 0.15) is 11.1 Å². The van der Waals surface area contributed by atoms with Crippen LogP contribution < -0.4 is 10.2 Å². The number of aryl methyl sites for hydroxylation is 2. The number of hydrogen-bond donors (Lipinski definition) is 1. The lowest BCUT2D eigenvalue weighted by molar-refractivity contribution is -0.116. The average molecular weight is 312 g/mol. The second-order valence-corrected chi connectivity index (χ2v) is 6.35. The second kappa shape index (κ2) is 5.85. The molecule has 1 saturated heterocycles. The Balaban J connectivity index is 1.82. The van der Waals surface area contributed by atoms with Gasteiger partial charge < -0.3 is 5.32 Å². The van der Waals surface area contributed by atoms with Gasteiger partial charge in [0, 0.05) is 5.69 Å². The monoisotopic (exact) mass is 312 g/mol. The topological polar surface area (TPSA) is 49.4 Å². The number of imide groups is 1. The normalized spacial score (nSPS) is 17.9. The van der Waals surface area contributed by atoms with Gasteiger partial charge in [-0.2, -0.15) is 0 Å². The maximum atomic E-state index is 12.5. The second-order valence-electron chi connectivity index (χ2n) is 5.29. The van der Waals surface area contributed by atoms with Gasteiger partial charge >= 0.3 is 0 Å². The van der Waals surface area contributed by atoms with Crippen LogP contribution in [0, 0.1) is 13.8 Å². The fraction of sp³-hybridized carbons (Fsp3) is 0.176. The number of anilines is 2. The van der Waals surface area contributed by atoms with Crippen molar-refractivity contribution in [1.82, 2.24) is 0 Å². The Labute approximate surface area is 133 Å². The molecule has 0 saturated carbocycles. The van der Waals surface area contributed by atoms with Gasteiger partial charge in [0.1, 0.15) is 0 Å². The predicted octanol–water partition coefficient (Wildman–Crippen LogP) is 3.94. The van der Waals surface area contributed by atoms with Crippen molar-refractivity contribution in [2.24, 2.45) is 0 Å². The van der Waals surface area contributed by atoms with Gasteiger partial charge in [0.2, 0.25) is 0 Å². The van der Waals surface area contributed by atoms with Gasteiger partial charge in [0.15, 0.2) is 5.37 Å². The van der Waals surface area contributed by atoms with Crippen molar-refractivity contribution < 1.29 is 9.59 Å². The molecule has 2 aromatic rings. The summed E-state index contributed by atoms with van der Waals surface area (Å²) in [7, 11) is 0. The van der Waals surface area contributed by atoms with E-state index in [-0.39, 0.29) is 11.1 Å². The summed E-state index contributed by atoms with van der Waals surface area (Å²) in [6.45, 7) is 3.92. The lowest BCUT2D eigenvalue weighted by Crippen LogP contribution is -2.34. The molecule has 0 spiro atoms. The summed E-state index contributed by atoms with van der Waals surface area (Å²) in [5.41, 5.74) is 3.57. The highest BCUT2D eigenvalue weighted by atomic mass is 32.2. The number of rotatable bonds is 3. The summed E-state index contributed by atoms with van der Waals surface area (Å²) >= 11 is 1.01. The Kier molecular flexibility index (Phi) is 3.90. The highest BCUT2D eigenvalue weighted by molar-refractivity contribution is 8.16. The first-order chi connectivity index (χ1) is 10.5. The smallest absolute Gasteiger partial charge is 0.295 e. The quantitative estimate of drug-likeness (QED) is 0.932. The van der Waals surface area contributed by atoms with Crippen LogP contribution in [0.25, 0.3) is 0 Å². The van der Waals surface area contributed by atoms with E-state index in [1.165, 1.54) is 4.90 Å². The summed E-state index contributed by atoms with van der Waals surface area (Å²) in [5.74, 6) is -0.234. The van der Waals surface area contributed by atoms with Crippen LogP contribution in [0.2, 0.25) is 0 Å². The van der Waals surface area contributed by atoms with Crippen molar-refractivity contribution >= 4 is 34.3 Å². The number of thioether (sulfide) groups is 1. The SMILES string of the molecule is Cc1cccc(NC2SC(=O)N(c3cccc(C)c3)C2=O)c1. The number of nitrogens with one attached hydrogen (secondary N) is 1. The molecule has 0 radical (unpaired) electrons. The van der Waals surface area contributed by atoms with E-state index in [1.807, 2.05) is 56.3 Å². The summed E-state index contributed by atoms with van der Waals surface area (Å²) in [4.78, 5) is 26.0. The minimum atomic E-state index is -0.588. The summed E-state index contributed by atoms with van der Waals surface area (Å²) in [6.07, 6.45) is 0. The van der Waals surface area contributed by atoms with E-state index in [1.54, 1.807) is 6.07 Å². The van der Waals surface area contributed by atoms with Crippen LogP contribution in [0.5, 0.6) is 0 Å². The highest BCUT2D eigenvalue weighted by Crippen LogP contribution is 2.32. The number of carbonyl (C=O) groups excluding carboxylic acids is 2. The number of carbonyl (C=O) groups is 2. The first-order valence-electron chi connectivity index (χ1n) is 6.99. The molecule has 2 amide bonds. The molecule has 5 heteroatoms. The summed E-state index contributed by atoms with van der Waals surface area (Å²) in [5, 5.41) is 2.29. The maximum Gasteiger partial charge on any atom is 0.295 e. The third-order valence-corrected chi connectivity index (χ3v) is 4.36. The van der Waals surface area contributed by atoms with Gasteiger partial charge in [-0.25, -0.2) is 4.90 Å². The van der Waals surface area contributed by atoms with E-state index in [0.29, 0.717) is 5.69 Å². The summed E-state index contributed by atoms with van der Waals surface area (Å²) < 4.78 is 0. The molecule has 1 unspecified atom stereocenters. The van der Waals surface area contributed by atoms with Crippen LogP contribution in [-0.2, 0) is 4.79 Å². The molecule has 1 heterocycles. The van der Waals surface area contributed by atoms with E-state index in [2.05, 4.69) is 5.32 Å². The highest BCUT2D eigenvalue weighted by Gasteiger charge is 2.40. The average Bonchev–Trinajstić information content (AvgIpc) is 2.73. The Morgan fingerprint density at radius 2 is 1.68 bits per heavy atom. The Morgan fingerprint density at radius 1 is 1.00 bits per heavy atom. The van der Waals surface area contributed by atoms with Crippen molar-refractivity contribution in [1.29, 1.82) is 0 Å². The Hall–Kier alpha value is -2.27. The molecule has 0 aliphatic carbocycles.